The number of piperidine rings is 1. The number of fused-ring (bicyclic) bond motifs is 1. The fourth-order valence-electron chi connectivity index (χ4n) is 3.46. The van der Waals surface area contributed by atoms with Crippen LogP contribution >= 0.6 is 0 Å². The van der Waals surface area contributed by atoms with E-state index in [-0.39, 0.29) is 24.6 Å². The third-order valence-electron chi connectivity index (χ3n) is 4.76. The highest BCUT2D eigenvalue weighted by atomic mass is 16.5. The van der Waals surface area contributed by atoms with Crippen molar-refractivity contribution in [1.29, 1.82) is 0 Å². The van der Waals surface area contributed by atoms with Gasteiger partial charge in [0, 0.05) is 24.5 Å². The molecule has 2 aromatic rings. The quantitative estimate of drug-likeness (QED) is 0.672. The van der Waals surface area contributed by atoms with Crippen LogP contribution in [-0.2, 0) is 9.59 Å². The minimum atomic E-state index is -0.563. The molecule has 9 heteroatoms. The molecular weight excluding hydrogens is 402 g/mol. The van der Waals surface area contributed by atoms with Gasteiger partial charge < -0.3 is 25.2 Å². The fourth-order valence-corrected chi connectivity index (χ4v) is 3.46. The third kappa shape index (κ3) is 6.31. The summed E-state index contributed by atoms with van der Waals surface area (Å²) in [4.78, 5) is 38.4. The molecule has 31 heavy (non-hydrogen) atoms. The summed E-state index contributed by atoms with van der Waals surface area (Å²) in [6.45, 7) is 6.74. The molecule has 0 radical (unpaired) electrons. The van der Waals surface area contributed by atoms with E-state index in [1.807, 2.05) is 25.7 Å². The maximum absolute atomic E-state index is 12.0. The van der Waals surface area contributed by atoms with Crippen molar-refractivity contribution >= 4 is 29.2 Å². The smallest absolute Gasteiger partial charge is 0.290 e. The summed E-state index contributed by atoms with van der Waals surface area (Å²) >= 11 is 0. The Hall–Kier alpha value is -3.36. The van der Waals surface area contributed by atoms with Crippen molar-refractivity contribution < 1.29 is 29.0 Å². The summed E-state index contributed by atoms with van der Waals surface area (Å²) in [7, 11) is 0. The first kappa shape index (κ1) is 23.9. The number of hydrogen-bond donors (Lipinski definition) is 2. The van der Waals surface area contributed by atoms with Gasteiger partial charge in [0.25, 0.3) is 12.4 Å². The van der Waals surface area contributed by atoms with Gasteiger partial charge in [-0.2, -0.15) is 0 Å². The summed E-state index contributed by atoms with van der Waals surface area (Å²) in [6.07, 6.45) is 3.74. The van der Waals surface area contributed by atoms with Gasteiger partial charge in [-0.15, -0.1) is 0 Å². The third-order valence-corrected chi connectivity index (χ3v) is 4.76. The van der Waals surface area contributed by atoms with E-state index in [0.717, 1.165) is 24.8 Å². The van der Waals surface area contributed by atoms with E-state index >= 15 is 0 Å². The lowest BCUT2D eigenvalue weighted by atomic mass is 10.1. The lowest BCUT2D eigenvalue weighted by Crippen LogP contribution is -2.44. The van der Waals surface area contributed by atoms with Crippen LogP contribution in [0.15, 0.2) is 24.4 Å². The predicted octanol–water partition coefficient (Wildman–Crippen LogP) is 2.60. The van der Waals surface area contributed by atoms with Gasteiger partial charge in [0.15, 0.2) is 0 Å². The molecule has 1 saturated heterocycles. The van der Waals surface area contributed by atoms with Crippen molar-refractivity contribution in [2.24, 2.45) is 5.73 Å². The van der Waals surface area contributed by atoms with Crippen LogP contribution in [-0.4, -0.2) is 58.6 Å². The van der Waals surface area contributed by atoms with E-state index in [0.29, 0.717) is 35.5 Å². The first-order valence-electron chi connectivity index (χ1n) is 10.2. The molecule has 3 rings (SSSR count). The Bertz CT molecular complexity index is 931. The number of hydrogen-bond acceptors (Lipinski definition) is 6. The normalized spacial score (nSPS) is 15.7. The van der Waals surface area contributed by atoms with Gasteiger partial charge in [-0.3, -0.25) is 19.4 Å². The van der Waals surface area contributed by atoms with Gasteiger partial charge in [-0.1, -0.05) is 6.92 Å². The van der Waals surface area contributed by atoms with E-state index < -0.39 is 5.91 Å². The average Bonchev–Trinajstić information content (AvgIpc) is 2.73. The summed E-state index contributed by atoms with van der Waals surface area (Å²) in [5.74, 6) is 0.656. The Balaban J connectivity index is 0.00000107. The van der Waals surface area contributed by atoms with Crippen LogP contribution in [0.3, 0.4) is 0 Å². The van der Waals surface area contributed by atoms with E-state index in [9.17, 15) is 9.59 Å². The van der Waals surface area contributed by atoms with E-state index in [1.165, 1.54) is 0 Å². The Morgan fingerprint density at radius 3 is 2.68 bits per heavy atom. The van der Waals surface area contributed by atoms with E-state index in [2.05, 4.69) is 4.98 Å². The highest BCUT2D eigenvalue weighted by Gasteiger charge is 2.25. The van der Waals surface area contributed by atoms with Crippen LogP contribution < -0.4 is 15.2 Å². The predicted molar refractivity (Wildman–Crippen MR) is 115 cm³/mol. The van der Waals surface area contributed by atoms with Crippen LogP contribution in [0.1, 0.15) is 50.4 Å². The van der Waals surface area contributed by atoms with E-state index in [4.69, 9.17) is 25.1 Å². The molecule has 1 fully saturated rings. The van der Waals surface area contributed by atoms with Crippen molar-refractivity contribution in [2.45, 2.75) is 52.2 Å². The number of ether oxygens (including phenoxy) is 2. The minimum absolute atomic E-state index is 0.0832. The summed E-state index contributed by atoms with van der Waals surface area (Å²) in [6, 6.07) is 5.19. The molecule has 0 saturated carbocycles. The maximum atomic E-state index is 12.0. The lowest BCUT2D eigenvalue weighted by molar-refractivity contribution is -0.133. The molecule has 0 bridgehead atoms. The molecule has 0 spiro atoms. The molecule has 1 aliphatic heterocycles. The van der Waals surface area contributed by atoms with Gasteiger partial charge in [0.2, 0.25) is 5.91 Å². The molecule has 2 amide bonds. The number of pyridine rings is 1. The molecular formula is C22H29N3O6. The van der Waals surface area contributed by atoms with Crippen molar-refractivity contribution in [3.8, 4) is 11.5 Å². The molecule has 1 aromatic carbocycles. The Morgan fingerprint density at radius 1 is 1.35 bits per heavy atom. The second kappa shape index (κ2) is 11.1. The fraction of sp³-hybridized carbons (Fsp3) is 0.455. The Labute approximate surface area is 181 Å². The summed E-state index contributed by atoms with van der Waals surface area (Å²) < 4.78 is 12.0. The highest BCUT2D eigenvalue weighted by Crippen LogP contribution is 2.32. The first-order valence-corrected chi connectivity index (χ1v) is 10.2. The topological polar surface area (TPSA) is 132 Å². The van der Waals surface area contributed by atoms with Crippen LogP contribution in [0.25, 0.3) is 10.9 Å². The molecule has 1 aliphatic rings. The number of carbonyl (C=O) groups excluding carboxylic acids is 2. The zero-order valence-electron chi connectivity index (χ0n) is 18.0. The number of likely N-dealkylation sites (tertiary alicyclic amines) is 1. The summed E-state index contributed by atoms with van der Waals surface area (Å²) in [5, 5.41) is 7.64. The van der Waals surface area contributed by atoms with Crippen molar-refractivity contribution in [3.63, 3.8) is 0 Å². The number of nitrogens with zero attached hydrogens (tertiary/aromatic N) is 2. The Morgan fingerprint density at radius 2 is 2.06 bits per heavy atom. The van der Waals surface area contributed by atoms with Crippen LogP contribution in [0.4, 0.5) is 0 Å². The molecule has 0 aliphatic carbocycles. The highest BCUT2D eigenvalue weighted by molar-refractivity contribution is 6.01. The molecule has 9 nitrogen and oxygen atoms in total. The second-order valence-corrected chi connectivity index (χ2v) is 7.39. The van der Waals surface area contributed by atoms with Crippen molar-refractivity contribution in [3.05, 3.63) is 30.0 Å². The molecule has 1 atom stereocenters. The first-order chi connectivity index (χ1) is 14.8. The molecule has 168 valence electrons. The number of aromatic nitrogens is 1. The minimum Gasteiger partial charge on any atom is -0.490 e. The van der Waals surface area contributed by atoms with Gasteiger partial charge in [-0.25, -0.2) is 0 Å². The monoisotopic (exact) mass is 431 g/mol. The number of nitrogens with two attached hydrogens (primary N) is 1. The number of carboxylic acid groups (broad SMARTS) is 1. The zero-order chi connectivity index (χ0) is 23.0. The van der Waals surface area contributed by atoms with Crippen molar-refractivity contribution in [2.75, 3.05) is 13.1 Å². The zero-order valence-corrected chi connectivity index (χ0v) is 18.0. The lowest BCUT2D eigenvalue weighted by Gasteiger charge is -2.33. The second-order valence-electron chi connectivity index (χ2n) is 7.39. The van der Waals surface area contributed by atoms with Gasteiger partial charge in [-0.05, 0) is 44.9 Å². The Kier molecular flexibility index (Phi) is 8.60. The maximum Gasteiger partial charge on any atom is 0.290 e. The summed E-state index contributed by atoms with van der Waals surface area (Å²) in [5.41, 5.74) is 6.42. The van der Waals surface area contributed by atoms with E-state index in [1.54, 1.807) is 24.4 Å². The number of primary amides is 1. The molecule has 1 aromatic heterocycles. The SMILES string of the molecule is CCC(=O)N1CCC[C@@H](Oc2ccnc3cc(C(N)=O)c(OC(C)C)cc23)C1.O=CO. The number of carbonyl (C=O) groups is 3. The number of benzene rings is 1. The van der Waals surface area contributed by atoms with Crippen LogP contribution in [0, 0.1) is 0 Å². The number of amides is 2. The van der Waals surface area contributed by atoms with Crippen LogP contribution in [0.2, 0.25) is 0 Å². The van der Waals surface area contributed by atoms with Gasteiger partial charge in [0.1, 0.15) is 17.6 Å². The van der Waals surface area contributed by atoms with Crippen molar-refractivity contribution in [1.82, 2.24) is 9.88 Å². The van der Waals surface area contributed by atoms with Gasteiger partial charge in [0.05, 0.1) is 23.7 Å². The molecule has 0 unspecified atom stereocenters. The number of rotatable bonds is 6. The largest absolute Gasteiger partial charge is 0.490 e. The standard InChI is InChI=1S/C21H27N3O4.CH2O2/c1-4-20(25)24-9-5-6-14(12-24)28-18-7-8-23-17-10-16(21(22)26)19(11-15(17)18)27-13(2)3;2-1-3/h7-8,10-11,13-14H,4-6,9,12H2,1-3H3,(H2,22,26);1H,(H,2,3)/t14-;/m1./s1. The van der Waals surface area contributed by atoms with Crippen LogP contribution in [0.5, 0.6) is 11.5 Å². The average molecular weight is 431 g/mol. The molecule has 3 N–H and O–H groups in total. The van der Waals surface area contributed by atoms with Gasteiger partial charge >= 0.3 is 0 Å². The molecule has 2 heterocycles.